The molecule has 1 atom stereocenters. The number of nitrogens with one attached hydrogen (secondary N) is 2. The third-order valence-electron chi connectivity index (χ3n) is 2.29. The number of hydrogen-bond acceptors (Lipinski definition) is 2. The molecular formula is C12H14ClFN2O2. The molecule has 0 spiro atoms. The SMILES string of the molecule is CC(NC(=O)NC(=O)CCCl)c1ccc(F)cc1. The average Bonchev–Trinajstić information content (AvgIpc) is 2.29. The summed E-state index contributed by atoms with van der Waals surface area (Å²) in [4.78, 5) is 22.5. The van der Waals surface area contributed by atoms with Crippen LogP contribution >= 0.6 is 11.6 Å². The second-order valence-electron chi connectivity index (χ2n) is 3.73. The lowest BCUT2D eigenvalue weighted by atomic mass is 10.1. The van der Waals surface area contributed by atoms with Crippen LogP contribution in [0.1, 0.15) is 24.9 Å². The number of alkyl halides is 1. The molecule has 0 heterocycles. The molecule has 3 amide bonds. The fourth-order valence-corrected chi connectivity index (χ4v) is 1.51. The lowest BCUT2D eigenvalue weighted by Crippen LogP contribution is -2.40. The summed E-state index contributed by atoms with van der Waals surface area (Å²) >= 11 is 5.37. The van der Waals surface area contributed by atoms with E-state index in [0.29, 0.717) is 0 Å². The minimum Gasteiger partial charge on any atom is -0.331 e. The molecular weight excluding hydrogens is 259 g/mol. The molecule has 1 rings (SSSR count). The van der Waals surface area contributed by atoms with Crippen LogP contribution in [0.25, 0.3) is 0 Å². The predicted molar refractivity (Wildman–Crippen MR) is 66.8 cm³/mol. The zero-order valence-corrected chi connectivity index (χ0v) is 10.6. The average molecular weight is 273 g/mol. The molecule has 0 fully saturated rings. The van der Waals surface area contributed by atoms with E-state index >= 15 is 0 Å². The molecule has 4 nitrogen and oxygen atoms in total. The molecule has 6 heteroatoms. The number of carbonyl (C=O) groups excluding carboxylic acids is 2. The smallest absolute Gasteiger partial charge is 0.321 e. The molecule has 2 N–H and O–H groups in total. The summed E-state index contributed by atoms with van der Waals surface area (Å²) in [5.74, 6) is -0.617. The van der Waals surface area contributed by atoms with E-state index in [1.54, 1.807) is 19.1 Å². The van der Waals surface area contributed by atoms with Crippen LogP contribution in [0.15, 0.2) is 24.3 Å². The molecule has 0 aromatic heterocycles. The van der Waals surface area contributed by atoms with Gasteiger partial charge in [-0.15, -0.1) is 11.6 Å². The van der Waals surface area contributed by atoms with Crippen molar-refractivity contribution in [3.8, 4) is 0 Å². The Morgan fingerprint density at radius 2 is 1.94 bits per heavy atom. The van der Waals surface area contributed by atoms with Crippen molar-refractivity contribution < 1.29 is 14.0 Å². The first kappa shape index (κ1) is 14.4. The highest BCUT2D eigenvalue weighted by Crippen LogP contribution is 2.12. The van der Waals surface area contributed by atoms with Gasteiger partial charge >= 0.3 is 6.03 Å². The Labute approximate surface area is 110 Å². The molecule has 0 saturated heterocycles. The van der Waals surface area contributed by atoms with Crippen LogP contribution in [0.5, 0.6) is 0 Å². The second-order valence-corrected chi connectivity index (χ2v) is 4.11. The summed E-state index contributed by atoms with van der Waals surface area (Å²) in [5.41, 5.74) is 0.747. The van der Waals surface area contributed by atoms with E-state index in [0.717, 1.165) is 5.56 Å². The highest BCUT2D eigenvalue weighted by atomic mass is 35.5. The summed E-state index contributed by atoms with van der Waals surface area (Å²) in [6, 6.07) is 4.84. The monoisotopic (exact) mass is 272 g/mol. The van der Waals surface area contributed by atoms with E-state index in [4.69, 9.17) is 11.6 Å². The minimum atomic E-state index is -0.595. The van der Waals surface area contributed by atoms with Gasteiger partial charge in [-0.05, 0) is 24.6 Å². The highest BCUT2D eigenvalue weighted by Gasteiger charge is 2.11. The van der Waals surface area contributed by atoms with Gasteiger partial charge in [0, 0.05) is 12.3 Å². The van der Waals surface area contributed by atoms with Gasteiger partial charge in [-0.1, -0.05) is 12.1 Å². The molecule has 0 radical (unpaired) electrons. The van der Waals surface area contributed by atoms with Gasteiger partial charge in [0.15, 0.2) is 0 Å². The fourth-order valence-electron chi connectivity index (χ4n) is 1.34. The lowest BCUT2D eigenvalue weighted by molar-refractivity contribution is -0.119. The van der Waals surface area contributed by atoms with Crippen molar-refractivity contribution in [2.45, 2.75) is 19.4 Å². The molecule has 0 aliphatic carbocycles. The first-order valence-electron chi connectivity index (χ1n) is 5.44. The van der Waals surface area contributed by atoms with Crippen molar-refractivity contribution in [2.75, 3.05) is 5.88 Å². The normalized spacial score (nSPS) is 11.7. The first-order valence-corrected chi connectivity index (χ1v) is 5.98. The quantitative estimate of drug-likeness (QED) is 0.827. The van der Waals surface area contributed by atoms with Crippen molar-refractivity contribution >= 4 is 23.5 Å². The first-order chi connectivity index (χ1) is 8.52. The fraction of sp³-hybridized carbons (Fsp3) is 0.333. The van der Waals surface area contributed by atoms with Gasteiger partial charge < -0.3 is 5.32 Å². The number of amides is 3. The van der Waals surface area contributed by atoms with E-state index in [1.807, 2.05) is 0 Å². The summed E-state index contributed by atoms with van der Waals surface area (Å²) < 4.78 is 12.7. The number of urea groups is 1. The van der Waals surface area contributed by atoms with Crippen LogP contribution in [0.4, 0.5) is 9.18 Å². The van der Waals surface area contributed by atoms with Crippen molar-refractivity contribution in [3.63, 3.8) is 0 Å². The number of halogens is 2. The zero-order chi connectivity index (χ0) is 13.5. The van der Waals surface area contributed by atoms with Gasteiger partial charge in [0.25, 0.3) is 0 Å². The largest absolute Gasteiger partial charge is 0.331 e. The molecule has 0 saturated carbocycles. The molecule has 0 bridgehead atoms. The Morgan fingerprint density at radius 1 is 1.33 bits per heavy atom. The molecule has 98 valence electrons. The third-order valence-corrected chi connectivity index (χ3v) is 2.48. The van der Waals surface area contributed by atoms with Gasteiger partial charge in [0.1, 0.15) is 5.82 Å². The van der Waals surface area contributed by atoms with Crippen molar-refractivity contribution in [1.29, 1.82) is 0 Å². The summed E-state index contributed by atoms with van der Waals surface area (Å²) in [5, 5.41) is 4.71. The third kappa shape index (κ3) is 4.71. The van der Waals surface area contributed by atoms with Crippen LogP contribution in [0, 0.1) is 5.82 Å². The number of carbonyl (C=O) groups is 2. The van der Waals surface area contributed by atoms with Crippen molar-refractivity contribution in [2.24, 2.45) is 0 Å². The number of benzene rings is 1. The van der Waals surface area contributed by atoms with E-state index in [9.17, 15) is 14.0 Å². The van der Waals surface area contributed by atoms with Crippen molar-refractivity contribution in [3.05, 3.63) is 35.6 Å². The maximum absolute atomic E-state index is 12.7. The molecule has 1 aromatic carbocycles. The highest BCUT2D eigenvalue weighted by molar-refractivity contribution is 6.19. The molecule has 0 aliphatic rings. The van der Waals surface area contributed by atoms with E-state index in [1.165, 1.54) is 12.1 Å². The Morgan fingerprint density at radius 3 is 2.50 bits per heavy atom. The lowest BCUT2D eigenvalue weighted by Gasteiger charge is -2.14. The second kappa shape index (κ2) is 6.96. The van der Waals surface area contributed by atoms with E-state index in [-0.39, 0.29) is 24.2 Å². The van der Waals surface area contributed by atoms with Crippen LogP contribution < -0.4 is 10.6 Å². The molecule has 1 aromatic rings. The van der Waals surface area contributed by atoms with E-state index in [2.05, 4.69) is 10.6 Å². The standard InChI is InChI=1S/C12H14ClFN2O2/c1-8(9-2-4-10(14)5-3-9)15-12(18)16-11(17)6-7-13/h2-5,8H,6-7H2,1H3,(H2,15,16,17,18). The van der Waals surface area contributed by atoms with Crippen molar-refractivity contribution in [1.82, 2.24) is 10.6 Å². The molecule has 1 unspecified atom stereocenters. The summed E-state index contributed by atoms with van der Waals surface area (Å²) in [7, 11) is 0. The maximum Gasteiger partial charge on any atom is 0.321 e. The molecule has 18 heavy (non-hydrogen) atoms. The number of rotatable bonds is 4. The number of hydrogen-bond donors (Lipinski definition) is 2. The Balaban J connectivity index is 2.49. The van der Waals surface area contributed by atoms with Gasteiger partial charge in [0.2, 0.25) is 5.91 Å². The Kier molecular flexibility index (Phi) is 5.58. The van der Waals surface area contributed by atoms with E-state index < -0.39 is 11.9 Å². The maximum atomic E-state index is 12.7. The van der Waals surface area contributed by atoms with Crippen LogP contribution in [-0.4, -0.2) is 17.8 Å². The summed E-state index contributed by atoms with van der Waals surface area (Å²) in [6.07, 6.45) is 0.0832. The predicted octanol–water partition coefficient (Wildman–Crippen LogP) is 2.34. The van der Waals surface area contributed by atoms with Gasteiger partial charge in [-0.2, -0.15) is 0 Å². The topological polar surface area (TPSA) is 58.2 Å². The van der Waals surface area contributed by atoms with Crippen LogP contribution in [-0.2, 0) is 4.79 Å². The Hall–Kier alpha value is -1.62. The zero-order valence-electron chi connectivity index (χ0n) is 9.87. The molecule has 0 aliphatic heterocycles. The minimum absolute atomic E-state index is 0.0832. The van der Waals surface area contributed by atoms with Gasteiger partial charge in [-0.3, -0.25) is 10.1 Å². The summed E-state index contributed by atoms with van der Waals surface area (Å²) in [6.45, 7) is 1.73. The Bertz CT molecular complexity index is 423. The van der Waals surface area contributed by atoms with Gasteiger partial charge in [0.05, 0.1) is 6.04 Å². The van der Waals surface area contributed by atoms with Crippen LogP contribution in [0.2, 0.25) is 0 Å². The van der Waals surface area contributed by atoms with Gasteiger partial charge in [-0.25, -0.2) is 9.18 Å². The number of imide groups is 1. The van der Waals surface area contributed by atoms with Crippen LogP contribution in [0.3, 0.4) is 0 Å².